The first-order valence-electron chi connectivity index (χ1n) is 21.3. The molecule has 7 aromatic rings. The molecule has 2 heteroatoms. The van der Waals surface area contributed by atoms with E-state index in [1.807, 2.05) is 0 Å². The van der Waals surface area contributed by atoms with Gasteiger partial charge in [-0.05, 0) is 143 Å². The lowest BCUT2D eigenvalue weighted by Crippen LogP contribution is -2.55. The second kappa shape index (κ2) is 11.4. The molecule has 1 aliphatic carbocycles. The summed E-state index contributed by atoms with van der Waals surface area (Å²) >= 11 is 0. The van der Waals surface area contributed by atoms with Crippen LogP contribution >= 0.6 is 0 Å². The minimum absolute atomic E-state index is 0.0145. The molecule has 0 fully saturated rings. The molecule has 57 heavy (non-hydrogen) atoms. The number of hydrogen-bond acceptors (Lipinski definition) is 0. The van der Waals surface area contributed by atoms with E-state index in [0.29, 0.717) is 0 Å². The van der Waals surface area contributed by atoms with Crippen LogP contribution in [-0.4, -0.2) is 11.3 Å². The van der Waals surface area contributed by atoms with Gasteiger partial charge in [0.1, 0.15) is 0 Å². The smallest absolute Gasteiger partial charge is 0.227 e. The summed E-state index contributed by atoms with van der Waals surface area (Å²) in [7, 11) is 0. The van der Waals surface area contributed by atoms with E-state index >= 15 is 0 Å². The van der Waals surface area contributed by atoms with Gasteiger partial charge in [0.15, 0.2) is 0 Å². The van der Waals surface area contributed by atoms with Crippen LogP contribution in [0.2, 0.25) is 0 Å². The van der Waals surface area contributed by atoms with E-state index in [0.717, 1.165) is 0 Å². The highest BCUT2D eigenvalue weighted by atomic mass is 15.0. The van der Waals surface area contributed by atoms with Crippen LogP contribution in [0.4, 0.5) is 0 Å². The van der Waals surface area contributed by atoms with Crippen LogP contribution in [0.25, 0.3) is 60.9 Å². The molecule has 3 heterocycles. The quantitative estimate of drug-likeness (QED) is 0.148. The molecule has 10 rings (SSSR count). The summed E-state index contributed by atoms with van der Waals surface area (Å²) in [5.74, 6) is 0.212. The van der Waals surface area contributed by atoms with Crippen molar-refractivity contribution in [2.75, 3.05) is 0 Å². The zero-order chi connectivity index (χ0) is 40.5. The Morgan fingerprint density at radius 1 is 0.491 bits per heavy atom. The van der Waals surface area contributed by atoms with Gasteiger partial charge in [0.25, 0.3) is 0 Å². The van der Waals surface area contributed by atoms with E-state index in [2.05, 4.69) is 192 Å². The third-order valence-electron chi connectivity index (χ3n) is 13.8. The van der Waals surface area contributed by atoms with Crippen LogP contribution in [0, 0.1) is 13.8 Å². The van der Waals surface area contributed by atoms with Gasteiger partial charge in [0.05, 0.1) is 5.52 Å². The van der Waals surface area contributed by atoms with Gasteiger partial charge in [-0.2, -0.15) is 0 Å². The normalized spacial score (nSPS) is 15.7. The number of hydrogen-bond donors (Lipinski definition) is 0. The Balaban J connectivity index is 1.43. The molecular formula is C55H58BN. The maximum atomic E-state index is 2.66. The summed E-state index contributed by atoms with van der Waals surface area (Å²) < 4.78 is 2.66. The predicted octanol–water partition coefficient (Wildman–Crippen LogP) is 13.5. The maximum absolute atomic E-state index is 2.66. The van der Waals surface area contributed by atoms with E-state index in [-0.39, 0.29) is 34.2 Å². The summed E-state index contributed by atoms with van der Waals surface area (Å²) in [5.41, 5.74) is 26.7. The average Bonchev–Trinajstić information content (AvgIpc) is 3.62. The molecule has 6 aromatic carbocycles. The van der Waals surface area contributed by atoms with Crippen molar-refractivity contribution in [3.05, 3.63) is 136 Å². The summed E-state index contributed by atoms with van der Waals surface area (Å²) in [6.07, 6.45) is 0. The Labute approximate surface area is 341 Å². The average molecular weight is 744 g/mol. The fourth-order valence-corrected chi connectivity index (χ4v) is 10.7. The van der Waals surface area contributed by atoms with Gasteiger partial charge in [0, 0.05) is 22.0 Å². The highest BCUT2D eigenvalue weighted by molar-refractivity contribution is 6.91. The molecule has 1 atom stereocenters. The zero-order valence-corrected chi connectivity index (χ0v) is 36.8. The standard InChI is InChI=1S/C55H58BN/c1-30-21-31(2)23-32(22-30)37-18-20-46-50-47(37)43-28-35(54(9,10)11)26-41-39-24-33(52(3,4)5)15-17-38(39)49(48(41)43)56(50)44-29-36(55(12,13)14)27-42-40-25-34(53(6,7)8)16-19-45(40)57(46)51(42)44/h15-29,49H,1-14H3. The third-order valence-corrected chi connectivity index (χ3v) is 13.8. The lowest BCUT2D eigenvalue weighted by Gasteiger charge is -2.39. The Bertz CT molecular complexity index is 2880. The molecule has 0 amide bonds. The highest BCUT2D eigenvalue weighted by Gasteiger charge is 2.50. The minimum Gasteiger partial charge on any atom is -0.310 e. The van der Waals surface area contributed by atoms with Crippen LogP contribution in [0.5, 0.6) is 0 Å². The lowest BCUT2D eigenvalue weighted by atomic mass is 9.28. The Kier molecular flexibility index (Phi) is 7.33. The van der Waals surface area contributed by atoms with Gasteiger partial charge < -0.3 is 4.57 Å². The van der Waals surface area contributed by atoms with Gasteiger partial charge in [0.2, 0.25) is 6.71 Å². The molecule has 1 nitrogen and oxygen atoms in total. The van der Waals surface area contributed by atoms with Crippen molar-refractivity contribution in [3.8, 4) is 39.1 Å². The highest BCUT2D eigenvalue weighted by Crippen LogP contribution is 2.57. The molecule has 0 radical (unpaired) electrons. The monoisotopic (exact) mass is 743 g/mol. The summed E-state index contributed by atoms with van der Waals surface area (Å²) in [5, 5.41) is 2.75. The van der Waals surface area contributed by atoms with Crippen molar-refractivity contribution >= 4 is 39.4 Å². The molecule has 1 unspecified atom stereocenters. The molecule has 286 valence electrons. The number of aromatic nitrogens is 1. The molecular weight excluding hydrogens is 685 g/mol. The molecule has 0 spiro atoms. The molecule has 0 saturated heterocycles. The number of benzene rings is 6. The summed E-state index contributed by atoms with van der Waals surface area (Å²) in [4.78, 5) is 0. The van der Waals surface area contributed by atoms with Crippen LogP contribution in [0.15, 0.2) is 91.0 Å². The number of nitrogens with zero attached hydrogens (tertiary/aromatic N) is 1. The summed E-state index contributed by atoms with van der Waals surface area (Å²) in [6, 6.07) is 37.2. The minimum atomic E-state index is -0.0149. The van der Waals surface area contributed by atoms with E-state index in [1.165, 1.54) is 116 Å². The zero-order valence-electron chi connectivity index (χ0n) is 36.8. The van der Waals surface area contributed by atoms with Crippen molar-refractivity contribution in [1.29, 1.82) is 0 Å². The number of aryl methyl sites for hydroxylation is 2. The third kappa shape index (κ3) is 5.21. The second-order valence-electron chi connectivity index (χ2n) is 22.1. The molecule has 0 N–H and O–H groups in total. The molecule has 0 saturated carbocycles. The second-order valence-corrected chi connectivity index (χ2v) is 22.1. The van der Waals surface area contributed by atoms with Gasteiger partial charge in [-0.3, -0.25) is 0 Å². The fraction of sp³-hybridized carbons (Fsp3) is 0.345. The van der Waals surface area contributed by atoms with Crippen molar-refractivity contribution in [1.82, 2.24) is 4.57 Å². The van der Waals surface area contributed by atoms with Crippen LogP contribution < -0.4 is 10.9 Å². The number of rotatable bonds is 1. The maximum Gasteiger partial charge on any atom is 0.227 e. The van der Waals surface area contributed by atoms with Crippen LogP contribution in [0.3, 0.4) is 0 Å². The number of fused-ring (bicyclic) bond motifs is 10. The first-order valence-corrected chi connectivity index (χ1v) is 21.3. The van der Waals surface area contributed by atoms with Gasteiger partial charge >= 0.3 is 0 Å². The largest absolute Gasteiger partial charge is 0.310 e. The fourth-order valence-electron chi connectivity index (χ4n) is 10.7. The Morgan fingerprint density at radius 2 is 1.05 bits per heavy atom. The SMILES string of the molecule is Cc1cc(C)cc(-c2ccc3c4c2-c2cc(C(C)(C)C)cc5c2C(B4c2cc(C(C)(C)C)cc4c6cc(C(C)(C)C)ccc6n-3c24)c2ccc(C(C)(C)C)cc2-5)c1. The molecule has 1 aromatic heterocycles. The molecule has 0 bridgehead atoms. The van der Waals surface area contributed by atoms with E-state index in [4.69, 9.17) is 0 Å². The van der Waals surface area contributed by atoms with E-state index < -0.39 is 0 Å². The first-order chi connectivity index (χ1) is 26.6. The summed E-state index contributed by atoms with van der Waals surface area (Å²) in [6.45, 7) is 33.1. The van der Waals surface area contributed by atoms with Gasteiger partial charge in [-0.15, -0.1) is 0 Å². The topological polar surface area (TPSA) is 4.93 Å². The molecule has 3 aliphatic rings. The van der Waals surface area contributed by atoms with E-state index in [1.54, 1.807) is 0 Å². The Morgan fingerprint density at radius 3 is 1.70 bits per heavy atom. The first kappa shape index (κ1) is 36.5. The van der Waals surface area contributed by atoms with Crippen LogP contribution in [0.1, 0.15) is 133 Å². The molecule has 2 aliphatic heterocycles. The van der Waals surface area contributed by atoms with Crippen molar-refractivity contribution in [2.45, 2.75) is 124 Å². The van der Waals surface area contributed by atoms with Crippen molar-refractivity contribution in [2.24, 2.45) is 0 Å². The lowest BCUT2D eigenvalue weighted by molar-refractivity contribution is 0.589. The van der Waals surface area contributed by atoms with Gasteiger partial charge in [-0.25, -0.2) is 0 Å². The van der Waals surface area contributed by atoms with Crippen molar-refractivity contribution < 1.29 is 0 Å². The van der Waals surface area contributed by atoms with Crippen LogP contribution in [-0.2, 0) is 21.7 Å². The van der Waals surface area contributed by atoms with Crippen molar-refractivity contribution in [3.63, 3.8) is 0 Å². The van der Waals surface area contributed by atoms with E-state index in [9.17, 15) is 0 Å². The van der Waals surface area contributed by atoms with Gasteiger partial charge in [-0.1, -0.05) is 161 Å². The predicted molar refractivity (Wildman–Crippen MR) is 248 cm³/mol. The Hall–Kier alpha value is -4.82.